The summed E-state index contributed by atoms with van der Waals surface area (Å²) in [5.41, 5.74) is 2.01. The molecule has 0 atom stereocenters. The number of nitrogens with zero attached hydrogens (tertiary/aromatic N) is 2. The van der Waals surface area contributed by atoms with Gasteiger partial charge in [-0.05, 0) is 43.3 Å². The van der Waals surface area contributed by atoms with Crippen LogP contribution >= 0.6 is 0 Å². The van der Waals surface area contributed by atoms with E-state index < -0.39 is 5.97 Å². The largest absolute Gasteiger partial charge is 0.493 e. The molecule has 0 bridgehead atoms. The highest BCUT2D eigenvalue weighted by molar-refractivity contribution is 5.90. The second-order valence-electron chi connectivity index (χ2n) is 5.46. The van der Waals surface area contributed by atoms with E-state index in [-0.39, 0.29) is 6.61 Å². The van der Waals surface area contributed by atoms with Crippen LogP contribution in [0.3, 0.4) is 0 Å². The highest BCUT2D eigenvalue weighted by Crippen LogP contribution is 2.28. The molecule has 6 heteroatoms. The molecule has 1 heterocycles. The van der Waals surface area contributed by atoms with Gasteiger partial charge in [0.1, 0.15) is 12.3 Å². The Morgan fingerprint density at radius 1 is 1.08 bits per heavy atom. The summed E-state index contributed by atoms with van der Waals surface area (Å²) in [4.78, 5) is 12.3. The third-order valence-corrected chi connectivity index (χ3v) is 3.72. The molecule has 0 aliphatic carbocycles. The van der Waals surface area contributed by atoms with E-state index in [0.29, 0.717) is 29.4 Å². The molecule has 0 unspecified atom stereocenters. The Bertz CT molecular complexity index is 875. The summed E-state index contributed by atoms with van der Waals surface area (Å²) in [6.45, 7) is 2.49. The number of carbonyl (C=O) groups is 1. The topological polar surface area (TPSA) is 62.6 Å². The zero-order valence-electron chi connectivity index (χ0n) is 14.7. The molecule has 0 aliphatic heterocycles. The lowest BCUT2D eigenvalue weighted by molar-refractivity contribution is 0.0467. The summed E-state index contributed by atoms with van der Waals surface area (Å²) in [5.74, 6) is 0.642. The van der Waals surface area contributed by atoms with E-state index in [1.54, 1.807) is 22.9 Å². The van der Waals surface area contributed by atoms with Gasteiger partial charge in [-0.2, -0.15) is 5.10 Å². The van der Waals surface area contributed by atoms with Gasteiger partial charge in [0.2, 0.25) is 0 Å². The van der Waals surface area contributed by atoms with Crippen LogP contribution in [0, 0.1) is 0 Å². The number of benzene rings is 2. The van der Waals surface area contributed by atoms with E-state index in [1.807, 2.05) is 49.5 Å². The predicted molar refractivity (Wildman–Crippen MR) is 96.8 cm³/mol. The van der Waals surface area contributed by atoms with Crippen molar-refractivity contribution in [2.75, 3.05) is 13.7 Å². The van der Waals surface area contributed by atoms with Crippen LogP contribution in [0.1, 0.15) is 23.0 Å². The van der Waals surface area contributed by atoms with Crippen molar-refractivity contribution >= 4 is 5.97 Å². The second kappa shape index (κ2) is 8.20. The van der Waals surface area contributed by atoms with E-state index in [4.69, 9.17) is 14.2 Å². The fourth-order valence-corrected chi connectivity index (χ4v) is 2.46. The van der Waals surface area contributed by atoms with Gasteiger partial charge < -0.3 is 14.2 Å². The van der Waals surface area contributed by atoms with E-state index in [0.717, 1.165) is 5.69 Å². The lowest BCUT2D eigenvalue weighted by atomic mass is 10.2. The van der Waals surface area contributed by atoms with Gasteiger partial charge in [-0.15, -0.1) is 0 Å². The van der Waals surface area contributed by atoms with Crippen LogP contribution in [0.15, 0.2) is 60.8 Å². The number of rotatable bonds is 7. The first-order valence-electron chi connectivity index (χ1n) is 8.29. The van der Waals surface area contributed by atoms with Crippen molar-refractivity contribution in [2.24, 2.45) is 0 Å². The molecule has 6 nitrogen and oxygen atoms in total. The van der Waals surface area contributed by atoms with E-state index >= 15 is 0 Å². The van der Waals surface area contributed by atoms with Gasteiger partial charge in [-0.3, -0.25) is 0 Å². The van der Waals surface area contributed by atoms with Gasteiger partial charge in [0.15, 0.2) is 11.5 Å². The Kier molecular flexibility index (Phi) is 5.53. The minimum absolute atomic E-state index is 0.0915. The second-order valence-corrected chi connectivity index (χ2v) is 5.46. The van der Waals surface area contributed by atoms with Crippen molar-refractivity contribution in [1.82, 2.24) is 9.78 Å². The van der Waals surface area contributed by atoms with Crippen molar-refractivity contribution in [2.45, 2.75) is 13.5 Å². The number of hydrogen-bond acceptors (Lipinski definition) is 5. The van der Waals surface area contributed by atoms with E-state index in [2.05, 4.69) is 5.10 Å². The van der Waals surface area contributed by atoms with E-state index in [9.17, 15) is 4.79 Å². The number of methoxy groups -OCH3 is 1. The summed E-state index contributed by atoms with van der Waals surface area (Å²) in [7, 11) is 1.53. The molecule has 0 N–H and O–H groups in total. The average molecular weight is 352 g/mol. The molecule has 1 aromatic heterocycles. The minimum atomic E-state index is -0.444. The van der Waals surface area contributed by atoms with Gasteiger partial charge in [0.25, 0.3) is 0 Å². The summed E-state index contributed by atoms with van der Waals surface area (Å²) in [6.07, 6.45) is 1.83. The summed E-state index contributed by atoms with van der Waals surface area (Å²) < 4.78 is 17.8. The van der Waals surface area contributed by atoms with Crippen LogP contribution < -0.4 is 9.47 Å². The van der Waals surface area contributed by atoms with Gasteiger partial charge >= 0.3 is 5.97 Å². The van der Waals surface area contributed by atoms with Crippen LogP contribution in [0.25, 0.3) is 5.69 Å². The van der Waals surface area contributed by atoms with Gasteiger partial charge in [0, 0.05) is 6.20 Å². The Morgan fingerprint density at radius 3 is 2.62 bits per heavy atom. The maximum Gasteiger partial charge on any atom is 0.338 e. The number of carbonyl (C=O) groups excluding carboxylic acids is 1. The van der Waals surface area contributed by atoms with Crippen molar-refractivity contribution in [3.63, 3.8) is 0 Å². The van der Waals surface area contributed by atoms with Crippen LogP contribution in [-0.2, 0) is 11.3 Å². The summed E-state index contributed by atoms with van der Waals surface area (Å²) in [6, 6.07) is 16.5. The minimum Gasteiger partial charge on any atom is -0.493 e. The smallest absolute Gasteiger partial charge is 0.338 e. The molecule has 0 spiro atoms. The number of hydrogen-bond donors (Lipinski definition) is 0. The average Bonchev–Trinajstić information content (AvgIpc) is 3.16. The third kappa shape index (κ3) is 4.03. The standard InChI is InChI=1S/C20H20N2O4/c1-3-25-18-10-9-15(13-19(18)24-2)20(23)26-14-16-11-12-22(21-16)17-7-5-4-6-8-17/h4-13H,3,14H2,1-2H3. The van der Waals surface area contributed by atoms with Gasteiger partial charge in [-0.1, -0.05) is 18.2 Å². The van der Waals surface area contributed by atoms with Crippen LogP contribution in [-0.4, -0.2) is 29.5 Å². The van der Waals surface area contributed by atoms with Gasteiger partial charge in [0.05, 0.1) is 25.0 Å². The number of aromatic nitrogens is 2. The zero-order chi connectivity index (χ0) is 18.4. The Hall–Kier alpha value is -3.28. The van der Waals surface area contributed by atoms with Crippen molar-refractivity contribution in [1.29, 1.82) is 0 Å². The third-order valence-electron chi connectivity index (χ3n) is 3.72. The Labute approximate surface area is 151 Å². The van der Waals surface area contributed by atoms with Crippen molar-refractivity contribution < 1.29 is 19.0 Å². The Balaban J connectivity index is 1.65. The normalized spacial score (nSPS) is 10.4. The van der Waals surface area contributed by atoms with Crippen LogP contribution in [0.4, 0.5) is 0 Å². The molecule has 0 amide bonds. The van der Waals surface area contributed by atoms with Crippen LogP contribution in [0.2, 0.25) is 0 Å². The maximum absolute atomic E-state index is 12.3. The first-order valence-corrected chi connectivity index (χ1v) is 8.29. The molecule has 0 aliphatic rings. The fourth-order valence-electron chi connectivity index (χ4n) is 2.46. The molecule has 0 saturated heterocycles. The Morgan fingerprint density at radius 2 is 1.88 bits per heavy atom. The zero-order valence-corrected chi connectivity index (χ0v) is 14.7. The number of ether oxygens (including phenoxy) is 3. The SMILES string of the molecule is CCOc1ccc(C(=O)OCc2ccn(-c3ccccc3)n2)cc1OC. The molecule has 26 heavy (non-hydrogen) atoms. The summed E-state index contributed by atoms with van der Waals surface area (Å²) >= 11 is 0. The molecular formula is C20H20N2O4. The monoisotopic (exact) mass is 352 g/mol. The van der Waals surface area contributed by atoms with Crippen LogP contribution in [0.5, 0.6) is 11.5 Å². The molecule has 0 saturated carbocycles. The molecule has 2 aromatic carbocycles. The lowest BCUT2D eigenvalue weighted by Crippen LogP contribution is -2.07. The first kappa shape index (κ1) is 17.5. The van der Waals surface area contributed by atoms with Crippen molar-refractivity contribution in [3.8, 4) is 17.2 Å². The predicted octanol–water partition coefficient (Wildman–Crippen LogP) is 3.64. The highest BCUT2D eigenvalue weighted by Gasteiger charge is 2.13. The lowest BCUT2D eigenvalue weighted by Gasteiger charge is -2.10. The van der Waals surface area contributed by atoms with Gasteiger partial charge in [-0.25, -0.2) is 9.48 Å². The highest BCUT2D eigenvalue weighted by atomic mass is 16.5. The molecule has 3 rings (SSSR count). The molecule has 134 valence electrons. The number of para-hydroxylation sites is 1. The quantitative estimate of drug-likeness (QED) is 0.608. The van der Waals surface area contributed by atoms with E-state index in [1.165, 1.54) is 7.11 Å². The molecular weight excluding hydrogens is 332 g/mol. The molecule has 3 aromatic rings. The van der Waals surface area contributed by atoms with Crippen molar-refractivity contribution in [3.05, 3.63) is 72.1 Å². The first-order chi connectivity index (χ1) is 12.7. The molecule has 0 fully saturated rings. The molecule has 0 radical (unpaired) electrons. The summed E-state index contributed by atoms with van der Waals surface area (Å²) in [5, 5.41) is 4.41. The number of esters is 1. The fraction of sp³-hybridized carbons (Fsp3) is 0.200. The maximum atomic E-state index is 12.3.